The molecule has 4 rings (SSSR count). The zero-order valence-corrected chi connectivity index (χ0v) is 18.6. The average Bonchev–Trinajstić information content (AvgIpc) is 3.36. The lowest BCUT2D eigenvalue weighted by atomic mass is 9.46. The van der Waals surface area contributed by atoms with Crippen LogP contribution in [-0.4, -0.2) is 21.9 Å². The van der Waals surface area contributed by atoms with E-state index in [4.69, 9.17) is 19.2 Å². The van der Waals surface area contributed by atoms with Crippen molar-refractivity contribution in [1.82, 2.24) is 9.55 Å². The molecule has 6 nitrogen and oxygen atoms in total. The van der Waals surface area contributed by atoms with Crippen LogP contribution in [0.25, 0.3) is 5.70 Å². The van der Waals surface area contributed by atoms with Gasteiger partial charge in [0, 0.05) is 23.5 Å². The summed E-state index contributed by atoms with van der Waals surface area (Å²) in [6.45, 7) is 10.0. The van der Waals surface area contributed by atoms with E-state index in [1.54, 1.807) is 0 Å². The lowest BCUT2D eigenvalue weighted by Gasteiger charge is -2.58. The van der Waals surface area contributed by atoms with Gasteiger partial charge in [-0.2, -0.15) is 19.2 Å². The number of aromatic nitrogens is 2. The fourth-order valence-corrected chi connectivity index (χ4v) is 7.10. The first-order chi connectivity index (χ1) is 14.4. The van der Waals surface area contributed by atoms with Crippen molar-refractivity contribution in [2.75, 3.05) is 0 Å². The van der Waals surface area contributed by atoms with Gasteiger partial charge in [0.2, 0.25) is 0 Å². The Kier molecular flexibility index (Phi) is 8.11. The van der Waals surface area contributed by atoms with E-state index < -0.39 is 0 Å². The van der Waals surface area contributed by atoms with Gasteiger partial charge in [-0.3, -0.25) is 0 Å². The lowest BCUT2D eigenvalue weighted by molar-refractivity contribution is -0.193. The summed E-state index contributed by atoms with van der Waals surface area (Å²) in [5.74, 6) is 3.65. The van der Waals surface area contributed by atoms with Crippen LogP contribution in [0.15, 0.2) is 24.8 Å². The third-order valence-electron chi connectivity index (χ3n) is 8.64. The zero-order valence-electron chi connectivity index (χ0n) is 18.6. The van der Waals surface area contributed by atoms with Crippen molar-refractivity contribution >= 4 is 18.0 Å². The Bertz CT molecular complexity index is 778. The largest absolute Gasteiger partial charge is 0.373 e. The molecular formula is C24H34N2O4. The number of fused-ring (bicyclic) bond motifs is 3. The van der Waals surface area contributed by atoms with E-state index in [0.29, 0.717) is 10.8 Å². The molecule has 3 aliphatic rings. The highest BCUT2D eigenvalue weighted by Gasteiger charge is 2.57. The summed E-state index contributed by atoms with van der Waals surface area (Å²) in [5, 5.41) is 0. The van der Waals surface area contributed by atoms with Gasteiger partial charge in [0.15, 0.2) is 0 Å². The molecule has 2 fully saturated rings. The molecule has 0 N–H and O–H groups in total. The van der Waals surface area contributed by atoms with Gasteiger partial charge in [-0.25, -0.2) is 4.98 Å². The van der Waals surface area contributed by atoms with Crippen LogP contribution in [-0.2, 0) is 19.2 Å². The fourth-order valence-electron chi connectivity index (χ4n) is 7.10. The summed E-state index contributed by atoms with van der Waals surface area (Å²) >= 11 is 0. The number of hydrogen-bond donors (Lipinski definition) is 0. The number of rotatable bonds is 3. The highest BCUT2D eigenvalue weighted by Crippen LogP contribution is 2.65. The van der Waals surface area contributed by atoms with E-state index in [1.165, 1.54) is 50.6 Å². The predicted molar refractivity (Wildman–Crippen MR) is 110 cm³/mol. The average molecular weight is 415 g/mol. The van der Waals surface area contributed by atoms with Gasteiger partial charge < -0.3 is 4.57 Å². The summed E-state index contributed by atoms with van der Waals surface area (Å²) in [6.07, 6.45) is 18.8. The molecule has 0 radical (unpaired) electrons. The third kappa shape index (κ3) is 4.12. The van der Waals surface area contributed by atoms with Crippen molar-refractivity contribution in [3.8, 4) is 0 Å². The summed E-state index contributed by atoms with van der Waals surface area (Å²) < 4.78 is 2.29. The van der Waals surface area contributed by atoms with Gasteiger partial charge in [0.05, 0.1) is 6.33 Å². The quantitative estimate of drug-likeness (QED) is 0.706. The molecule has 1 aromatic rings. The molecule has 164 valence electrons. The van der Waals surface area contributed by atoms with Crippen molar-refractivity contribution in [3.63, 3.8) is 0 Å². The van der Waals surface area contributed by atoms with Gasteiger partial charge in [-0.15, -0.1) is 0 Å². The second-order valence-electron chi connectivity index (χ2n) is 9.34. The number of carbonyl (C=O) groups excluding carboxylic acids is 4. The number of nitrogens with zero attached hydrogens (tertiary/aromatic N) is 2. The minimum atomic E-state index is 0.250. The van der Waals surface area contributed by atoms with Crippen LogP contribution in [0.3, 0.4) is 0 Å². The fraction of sp³-hybridized carbons (Fsp3) is 0.708. The van der Waals surface area contributed by atoms with Crippen LogP contribution in [0.1, 0.15) is 72.6 Å². The molecule has 3 aliphatic carbocycles. The molecule has 0 unspecified atom stereocenters. The normalized spacial score (nSPS) is 36.3. The number of imidazole rings is 1. The Morgan fingerprint density at radius 3 is 2.27 bits per heavy atom. The minimum Gasteiger partial charge on any atom is -0.310 e. The Labute approximate surface area is 179 Å². The molecule has 0 saturated heterocycles. The molecule has 0 aliphatic heterocycles. The predicted octanol–water partition coefficient (Wildman–Crippen LogP) is 4.85. The Morgan fingerprint density at radius 1 is 1.07 bits per heavy atom. The molecule has 0 spiro atoms. The highest BCUT2D eigenvalue weighted by atomic mass is 16.2. The topological polar surface area (TPSA) is 86.1 Å². The first-order valence-electron chi connectivity index (χ1n) is 11.0. The SMILES string of the molecule is CC[C@@H]1CC[C@@H]2[C@H](CC[C@]3(C)C(n4ccnc4)=CC[C@@H]23)[C@@]1(C)CC.O=C=O.O=C=O. The van der Waals surface area contributed by atoms with Crippen molar-refractivity contribution in [3.05, 3.63) is 24.8 Å². The summed E-state index contributed by atoms with van der Waals surface area (Å²) in [7, 11) is 0. The van der Waals surface area contributed by atoms with E-state index in [1.807, 2.05) is 12.5 Å². The summed E-state index contributed by atoms with van der Waals surface area (Å²) in [5.41, 5.74) is 2.45. The summed E-state index contributed by atoms with van der Waals surface area (Å²) in [4.78, 5) is 36.8. The first kappa shape index (κ1) is 24.0. The van der Waals surface area contributed by atoms with Crippen LogP contribution in [0.5, 0.6) is 0 Å². The number of hydrogen-bond acceptors (Lipinski definition) is 5. The molecule has 0 aromatic carbocycles. The van der Waals surface area contributed by atoms with E-state index >= 15 is 0 Å². The molecule has 1 heterocycles. The van der Waals surface area contributed by atoms with Gasteiger partial charge in [0.25, 0.3) is 0 Å². The van der Waals surface area contributed by atoms with Crippen molar-refractivity contribution in [2.24, 2.45) is 34.5 Å². The maximum absolute atomic E-state index is 8.12. The zero-order chi connectivity index (χ0) is 22.4. The molecule has 6 heteroatoms. The third-order valence-corrected chi connectivity index (χ3v) is 8.64. The second-order valence-corrected chi connectivity index (χ2v) is 9.34. The molecule has 6 atom stereocenters. The van der Waals surface area contributed by atoms with E-state index in [9.17, 15) is 0 Å². The maximum Gasteiger partial charge on any atom is 0.373 e. The van der Waals surface area contributed by atoms with Crippen molar-refractivity contribution in [2.45, 2.75) is 72.6 Å². The first-order valence-corrected chi connectivity index (χ1v) is 11.0. The molecule has 30 heavy (non-hydrogen) atoms. The van der Waals surface area contributed by atoms with Crippen LogP contribution < -0.4 is 0 Å². The van der Waals surface area contributed by atoms with Gasteiger partial charge in [-0.1, -0.05) is 46.6 Å². The Balaban J connectivity index is 0.000000480. The molecule has 2 saturated carbocycles. The molecular weight excluding hydrogens is 380 g/mol. The van der Waals surface area contributed by atoms with Crippen LogP contribution >= 0.6 is 0 Å². The molecule has 0 amide bonds. The monoisotopic (exact) mass is 414 g/mol. The standard InChI is InChI=1S/C22H34N2.2CO2/c1-5-16-7-8-17-18-9-10-20(24-14-13-23-15-24)22(18,4)12-11-19(17)21(16,3)6-2;2*2-1-3/h10,13-19H,5-9,11-12H2,1-4H3;;/t16-,17+,18+,19+,21+,22+;;/m1../s1. The minimum absolute atomic E-state index is 0.250. The Morgan fingerprint density at radius 2 is 1.73 bits per heavy atom. The van der Waals surface area contributed by atoms with Gasteiger partial charge in [0.1, 0.15) is 0 Å². The van der Waals surface area contributed by atoms with Crippen molar-refractivity contribution < 1.29 is 19.2 Å². The summed E-state index contributed by atoms with van der Waals surface area (Å²) in [6, 6.07) is 0. The van der Waals surface area contributed by atoms with Gasteiger partial charge >= 0.3 is 12.3 Å². The maximum atomic E-state index is 8.12. The highest BCUT2D eigenvalue weighted by molar-refractivity contribution is 5.56. The van der Waals surface area contributed by atoms with E-state index in [2.05, 4.69) is 49.5 Å². The second kappa shape index (κ2) is 10.1. The Hall–Kier alpha value is -2.29. The number of allylic oxidation sites excluding steroid dienone is 2. The van der Waals surface area contributed by atoms with Gasteiger partial charge in [-0.05, 0) is 61.2 Å². The molecule has 0 bridgehead atoms. The van der Waals surface area contributed by atoms with Crippen LogP contribution in [0, 0.1) is 34.5 Å². The lowest BCUT2D eigenvalue weighted by Crippen LogP contribution is -2.51. The van der Waals surface area contributed by atoms with Crippen LogP contribution in [0.4, 0.5) is 0 Å². The van der Waals surface area contributed by atoms with E-state index in [0.717, 1.165) is 23.7 Å². The smallest absolute Gasteiger partial charge is 0.310 e. The molecule has 1 aromatic heterocycles. The van der Waals surface area contributed by atoms with Crippen molar-refractivity contribution in [1.29, 1.82) is 0 Å². The van der Waals surface area contributed by atoms with E-state index in [-0.39, 0.29) is 12.3 Å². The van der Waals surface area contributed by atoms with Crippen LogP contribution in [0.2, 0.25) is 0 Å².